The van der Waals surface area contributed by atoms with Crippen molar-refractivity contribution < 1.29 is 8.98 Å². The zero-order chi connectivity index (χ0) is 26.2. The molecular formula is C35H27N2O+. The van der Waals surface area contributed by atoms with Gasteiger partial charge in [-0.15, -0.1) is 0 Å². The molecule has 0 amide bonds. The van der Waals surface area contributed by atoms with Crippen LogP contribution in [-0.2, 0) is 12.5 Å². The fourth-order valence-electron chi connectivity index (χ4n) is 6.34. The first-order valence-corrected chi connectivity index (χ1v) is 13.0. The van der Waals surface area contributed by atoms with Crippen LogP contribution < -0.4 is 4.57 Å². The highest BCUT2D eigenvalue weighted by Crippen LogP contribution is 2.50. The average molecular weight is 492 g/mol. The molecule has 182 valence electrons. The lowest BCUT2D eigenvalue weighted by atomic mass is 9.81. The highest BCUT2D eigenvalue weighted by Gasteiger charge is 2.35. The number of hydrogen-bond acceptors (Lipinski definition) is 2. The predicted molar refractivity (Wildman–Crippen MR) is 153 cm³/mol. The number of nitrogens with zero attached hydrogens (tertiary/aromatic N) is 2. The third-order valence-electron chi connectivity index (χ3n) is 8.32. The summed E-state index contributed by atoms with van der Waals surface area (Å²) in [6.07, 6.45) is 2.06. The maximum atomic E-state index is 10.2. The summed E-state index contributed by atoms with van der Waals surface area (Å²) >= 11 is 0. The maximum Gasteiger partial charge on any atom is 0.216 e. The van der Waals surface area contributed by atoms with Gasteiger partial charge in [0.05, 0.1) is 17.2 Å². The normalized spacial score (nSPS) is 13.4. The lowest BCUT2D eigenvalue weighted by Crippen LogP contribution is -2.30. The minimum Gasteiger partial charge on any atom is -0.454 e. The third kappa shape index (κ3) is 2.98. The Kier molecular flexibility index (Phi) is 4.68. The molecular weight excluding hydrogens is 464 g/mol. The second-order valence-electron chi connectivity index (χ2n) is 10.8. The molecule has 0 unspecified atom stereocenters. The van der Waals surface area contributed by atoms with E-state index in [1.54, 1.807) is 0 Å². The van der Waals surface area contributed by atoms with Crippen molar-refractivity contribution >= 4 is 21.9 Å². The fraction of sp³-hybridized carbons (Fsp3) is 0.143. The quantitative estimate of drug-likeness (QED) is 0.229. The Morgan fingerprint density at radius 3 is 2.26 bits per heavy atom. The van der Waals surface area contributed by atoms with Gasteiger partial charge in [-0.2, -0.15) is 5.26 Å². The number of aryl methyl sites for hydroxylation is 2. The number of rotatable bonds is 2. The van der Waals surface area contributed by atoms with E-state index in [9.17, 15) is 5.26 Å². The van der Waals surface area contributed by atoms with Gasteiger partial charge in [-0.25, -0.2) is 4.57 Å². The molecule has 0 saturated heterocycles. The van der Waals surface area contributed by atoms with Crippen LogP contribution >= 0.6 is 0 Å². The van der Waals surface area contributed by atoms with Crippen LogP contribution in [0.3, 0.4) is 0 Å². The summed E-state index contributed by atoms with van der Waals surface area (Å²) in [7, 11) is 2.06. The summed E-state index contributed by atoms with van der Waals surface area (Å²) in [5, 5.41) is 12.3. The number of aromatic nitrogens is 1. The molecule has 0 spiro atoms. The molecule has 0 atom stereocenters. The maximum absolute atomic E-state index is 10.2. The molecule has 0 N–H and O–H groups in total. The first-order chi connectivity index (χ1) is 18.4. The number of pyridine rings is 1. The molecule has 0 bridgehead atoms. The highest BCUT2D eigenvalue weighted by molar-refractivity contribution is 6.14. The third-order valence-corrected chi connectivity index (χ3v) is 8.32. The summed E-state index contributed by atoms with van der Waals surface area (Å²) in [6, 6.07) is 32.2. The van der Waals surface area contributed by atoms with E-state index in [1.807, 2.05) is 18.2 Å². The molecule has 0 aliphatic heterocycles. The molecule has 38 heavy (non-hydrogen) atoms. The Labute approximate surface area is 222 Å². The van der Waals surface area contributed by atoms with Crippen LogP contribution in [0.5, 0.6) is 0 Å². The van der Waals surface area contributed by atoms with Gasteiger partial charge in [-0.3, -0.25) is 0 Å². The lowest BCUT2D eigenvalue weighted by Gasteiger charge is -2.22. The van der Waals surface area contributed by atoms with E-state index in [1.165, 1.54) is 22.3 Å². The number of furan rings is 1. The van der Waals surface area contributed by atoms with E-state index in [0.29, 0.717) is 5.56 Å². The summed E-state index contributed by atoms with van der Waals surface area (Å²) in [5.41, 5.74) is 12.5. The van der Waals surface area contributed by atoms with Crippen molar-refractivity contribution in [2.75, 3.05) is 0 Å². The molecule has 1 aliphatic rings. The highest BCUT2D eigenvalue weighted by atomic mass is 16.3. The van der Waals surface area contributed by atoms with Crippen molar-refractivity contribution in [3.8, 4) is 39.6 Å². The number of benzene rings is 4. The minimum atomic E-state index is -0.122. The van der Waals surface area contributed by atoms with Gasteiger partial charge in [-0.1, -0.05) is 62.4 Å². The van der Waals surface area contributed by atoms with E-state index in [2.05, 4.69) is 111 Å². The first kappa shape index (κ1) is 22.5. The molecule has 7 rings (SSSR count). The smallest absolute Gasteiger partial charge is 0.216 e. The van der Waals surface area contributed by atoms with Crippen molar-refractivity contribution in [3.63, 3.8) is 0 Å². The largest absolute Gasteiger partial charge is 0.454 e. The van der Waals surface area contributed by atoms with Crippen molar-refractivity contribution in [1.29, 1.82) is 5.26 Å². The molecule has 3 nitrogen and oxygen atoms in total. The molecule has 0 radical (unpaired) electrons. The molecule has 2 heterocycles. The Balaban J connectivity index is 1.53. The summed E-state index contributed by atoms with van der Waals surface area (Å²) in [6.45, 7) is 6.68. The Hall–Kier alpha value is -4.68. The van der Waals surface area contributed by atoms with Crippen LogP contribution in [0.25, 0.3) is 55.4 Å². The molecule has 1 aliphatic carbocycles. The van der Waals surface area contributed by atoms with Crippen molar-refractivity contribution in [3.05, 3.63) is 113 Å². The van der Waals surface area contributed by atoms with Crippen molar-refractivity contribution in [2.45, 2.75) is 26.2 Å². The van der Waals surface area contributed by atoms with Crippen molar-refractivity contribution in [1.82, 2.24) is 0 Å². The van der Waals surface area contributed by atoms with E-state index >= 15 is 0 Å². The van der Waals surface area contributed by atoms with E-state index in [-0.39, 0.29) is 5.41 Å². The minimum absolute atomic E-state index is 0.122. The Morgan fingerprint density at radius 1 is 0.763 bits per heavy atom. The first-order valence-electron chi connectivity index (χ1n) is 13.0. The predicted octanol–water partition coefficient (Wildman–Crippen LogP) is 8.23. The topological polar surface area (TPSA) is 40.8 Å². The van der Waals surface area contributed by atoms with Gasteiger partial charge in [0, 0.05) is 33.9 Å². The fourth-order valence-corrected chi connectivity index (χ4v) is 6.34. The van der Waals surface area contributed by atoms with E-state index < -0.39 is 0 Å². The zero-order valence-electron chi connectivity index (χ0n) is 22.0. The second kappa shape index (κ2) is 7.91. The SMILES string of the molecule is Cc1ccc2c(oc3c(-c4ccc5c(c4)C(C)(C)c4ccccc4-5)c(C#N)ccc32)c1-c1cccc[n+]1C. The van der Waals surface area contributed by atoms with Gasteiger partial charge in [0.2, 0.25) is 5.69 Å². The Bertz CT molecular complexity index is 1980. The zero-order valence-corrected chi connectivity index (χ0v) is 22.0. The van der Waals surface area contributed by atoms with Crippen LogP contribution in [0, 0.1) is 18.3 Å². The van der Waals surface area contributed by atoms with Gasteiger partial charge in [-0.05, 0) is 64.6 Å². The molecule has 0 fully saturated rings. The molecule has 0 saturated carbocycles. The van der Waals surface area contributed by atoms with Gasteiger partial charge < -0.3 is 4.42 Å². The molecule has 3 heteroatoms. The van der Waals surface area contributed by atoms with E-state index in [4.69, 9.17) is 4.42 Å². The molecule has 2 aromatic heterocycles. The van der Waals surface area contributed by atoms with Crippen LogP contribution in [-0.4, -0.2) is 0 Å². The van der Waals surface area contributed by atoms with Crippen LogP contribution in [0.15, 0.2) is 95.5 Å². The monoisotopic (exact) mass is 491 g/mol. The lowest BCUT2D eigenvalue weighted by molar-refractivity contribution is -0.660. The number of hydrogen-bond donors (Lipinski definition) is 0. The second-order valence-corrected chi connectivity index (χ2v) is 10.8. The molecule has 4 aromatic carbocycles. The van der Waals surface area contributed by atoms with Gasteiger partial charge in [0.15, 0.2) is 6.20 Å². The standard InChI is InChI=1S/C35H27N2O/c1-21-12-15-26-27-17-14-23(20-36)32(34(27)38-33(26)31(21)30-11-7-8-18-37(30)4)22-13-16-25-24-9-5-6-10-28(24)35(2,3)29(25)19-22/h5-19H,1-4H3/q+1. The molecule has 6 aromatic rings. The number of fused-ring (bicyclic) bond motifs is 6. The van der Waals surface area contributed by atoms with Gasteiger partial charge in [0.25, 0.3) is 0 Å². The Morgan fingerprint density at radius 2 is 1.47 bits per heavy atom. The van der Waals surface area contributed by atoms with Crippen LogP contribution in [0.2, 0.25) is 0 Å². The van der Waals surface area contributed by atoms with Gasteiger partial charge >= 0.3 is 0 Å². The van der Waals surface area contributed by atoms with Gasteiger partial charge in [0.1, 0.15) is 18.2 Å². The number of nitriles is 1. The summed E-state index contributed by atoms with van der Waals surface area (Å²) in [5.74, 6) is 0. The summed E-state index contributed by atoms with van der Waals surface area (Å²) in [4.78, 5) is 0. The van der Waals surface area contributed by atoms with Crippen molar-refractivity contribution in [2.24, 2.45) is 7.05 Å². The van der Waals surface area contributed by atoms with E-state index in [0.717, 1.165) is 49.9 Å². The van der Waals surface area contributed by atoms with Crippen LogP contribution in [0.1, 0.15) is 36.1 Å². The summed E-state index contributed by atoms with van der Waals surface area (Å²) < 4.78 is 8.89. The van der Waals surface area contributed by atoms with Crippen LogP contribution in [0.4, 0.5) is 0 Å². The average Bonchev–Trinajstić information content (AvgIpc) is 3.41.